The maximum atomic E-state index is 12.9. The summed E-state index contributed by atoms with van der Waals surface area (Å²) in [5, 5.41) is 13.7. The van der Waals surface area contributed by atoms with E-state index in [1.165, 1.54) is 19.4 Å². The molecule has 2 N–H and O–H groups in total. The summed E-state index contributed by atoms with van der Waals surface area (Å²) in [6, 6.07) is 21.4. The van der Waals surface area contributed by atoms with Gasteiger partial charge in [0, 0.05) is 0 Å². The van der Waals surface area contributed by atoms with Gasteiger partial charge in [0.05, 0.1) is 13.3 Å². The zero-order valence-corrected chi connectivity index (χ0v) is 16.2. The van der Waals surface area contributed by atoms with Gasteiger partial charge in [0.25, 0.3) is 5.91 Å². The predicted octanol–water partition coefficient (Wildman–Crippen LogP) is 3.43. The number of carbonyl (C=O) groups excluding carboxylic acids is 1. The Labute approximate surface area is 173 Å². The molecule has 1 amide bonds. The number of nitrogens with one attached hydrogen (secondary N) is 1. The van der Waals surface area contributed by atoms with Gasteiger partial charge in [0.15, 0.2) is 29.1 Å². The molecule has 0 aromatic heterocycles. The first-order valence-corrected chi connectivity index (χ1v) is 9.33. The van der Waals surface area contributed by atoms with Crippen LogP contribution in [0.1, 0.15) is 17.2 Å². The number of phenols is 1. The van der Waals surface area contributed by atoms with Gasteiger partial charge in [-0.25, -0.2) is 5.43 Å². The number of para-hydroxylation sites is 2. The molecule has 0 aliphatic carbocycles. The Kier molecular flexibility index (Phi) is 5.52. The van der Waals surface area contributed by atoms with Crippen molar-refractivity contribution in [3.8, 4) is 23.0 Å². The van der Waals surface area contributed by atoms with Gasteiger partial charge in [-0.3, -0.25) is 4.79 Å². The lowest BCUT2D eigenvalue weighted by atomic mass is 10.0. The van der Waals surface area contributed by atoms with Gasteiger partial charge in [-0.15, -0.1) is 0 Å². The van der Waals surface area contributed by atoms with Crippen LogP contribution in [0.25, 0.3) is 0 Å². The second-order valence-electron chi connectivity index (χ2n) is 6.60. The van der Waals surface area contributed by atoms with Crippen LogP contribution in [-0.2, 0) is 4.79 Å². The summed E-state index contributed by atoms with van der Waals surface area (Å²) in [7, 11) is 1.46. The van der Waals surface area contributed by atoms with Crippen molar-refractivity contribution in [2.24, 2.45) is 5.10 Å². The number of nitrogens with zero attached hydrogens (tertiary/aromatic N) is 1. The highest BCUT2D eigenvalue weighted by atomic mass is 16.6. The second kappa shape index (κ2) is 8.57. The summed E-state index contributed by atoms with van der Waals surface area (Å²) >= 11 is 0. The van der Waals surface area contributed by atoms with E-state index in [9.17, 15) is 9.90 Å². The molecule has 1 aliphatic rings. The normalized spacial score (nSPS) is 17.5. The molecule has 0 spiro atoms. The van der Waals surface area contributed by atoms with Gasteiger partial charge in [-0.05, 0) is 41.5 Å². The third kappa shape index (κ3) is 4.05. The molecule has 3 aromatic carbocycles. The highest BCUT2D eigenvalue weighted by Gasteiger charge is 2.38. The van der Waals surface area contributed by atoms with Crippen LogP contribution in [0.15, 0.2) is 77.9 Å². The average Bonchev–Trinajstić information content (AvgIpc) is 2.79. The summed E-state index contributed by atoms with van der Waals surface area (Å²) in [5.74, 6) is 0.971. The Balaban J connectivity index is 1.53. The minimum absolute atomic E-state index is 0.0239. The van der Waals surface area contributed by atoms with E-state index >= 15 is 0 Å². The first kappa shape index (κ1) is 19.3. The number of carbonyl (C=O) groups is 1. The molecule has 2 atom stereocenters. The number of phenolic OH excluding ortho intramolecular Hbond substituents is 1. The molecule has 0 saturated carbocycles. The van der Waals surface area contributed by atoms with Crippen LogP contribution in [0, 0.1) is 0 Å². The molecule has 1 aliphatic heterocycles. The fourth-order valence-corrected chi connectivity index (χ4v) is 3.13. The predicted molar refractivity (Wildman–Crippen MR) is 111 cm³/mol. The van der Waals surface area contributed by atoms with Crippen molar-refractivity contribution >= 4 is 12.1 Å². The van der Waals surface area contributed by atoms with Crippen molar-refractivity contribution in [3.63, 3.8) is 0 Å². The molecule has 30 heavy (non-hydrogen) atoms. The molecule has 0 fully saturated rings. The minimum atomic E-state index is -0.922. The number of rotatable bonds is 5. The SMILES string of the molecule is COc1cc(/C=N\NC(=O)[C@H]2Oc3ccccc3O[C@H]2c2ccccc2)ccc1O. The van der Waals surface area contributed by atoms with Gasteiger partial charge >= 0.3 is 0 Å². The van der Waals surface area contributed by atoms with E-state index in [0.717, 1.165) is 5.56 Å². The maximum absolute atomic E-state index is 12.9. The summed E-state index contributed by atoms with van der Waals surface area (Å²) in [5.41, 5.74) is 3.97. The quantitative estimate of drug-likeness (QED) is 0.502. The summed E-state index contributed by atoms with van der Waals surface area (Å²) in [6.45, 7) is 0. The molecule has 0 saturated heterocycles. The average molecular weight is 404 g/mol. The zero-order chi connectivity index (χ0) is 20.9. The van der Waals surface area contributed by atoms with Gasteiger partial charge in [-0.1, -0.05) is 42.5 Å². The largest absolute Gasteiger partial charge is 0.504 e. The number of aromatic hydroxyl groups is 1. The molecule has 0 bridgehead atoms. The number of fused-ring (bicyclic) bond motifs is 1. The minimum Gasteiger partial charge on any atom is -0.504 e. The Morgan fingerprint density at radius 3 is 2.47 bits per heavy atom. The number of hydrogen-bond acceptors (Lipinski definition) is 6. The topological polar surface area (TPSA) is 89.4 Å². The Bertz CT molecular complexity index is 1070. The van der Waals surface area contributed by atoms with Crippen molar-refractivity contribution in [1.82, 2.24) is 5.43 Å². The standard InChI is InChI=1S/C23H20N2O5/c1-28-20-13-15(11-12-17(20)26)14-24-25-23(27)22-21(16-7-3-2-4-8-16)29-18-9-5-6-10-19(18)30-22/h2-14,21-22,26H,1H3,(H,25,27)/b24-14-/t21-,22-/m0/s1. The molecule has 0 radical (unpaired) electrons. The van der Waals surface area contributed by atoms with Gasteiger partial charge < -0.3 is 19.3 Å². The third-order valence-corrected chi connectivity index (χ3v) is 4.61. The number of hydrazone groups is 1. The van der Waals surface area contributed by atoms with Crippen molar-refractivity contribution in [1.29, 1.82) is 0 Å². The molecule has 7 nitrogen and oxygen atoms in total. The first-order chi connectivity index (χ1) is 14.7. The fraction of sp³-hybridized carbons (Fsp3) is 0.130. The van der Waals surface area contributed by atoms with Crippen LogP contribution in [0.4, 0.5) is 0 Å². The van der Waals surface area contributed by atoms with E-state index in [0.29, 0.717) is 22.8 Å². The fourth-order valence-electron chi connectivity index (χ4n) is 3.13. The third-order valence-electron chi connectivity index (χ3n) is 4.61. The highest BCUT2D eigenvalue weighted by Crippen LogP contribution is 2.39. The van der Waals surface area contributed by atoms with E-state index in [-0.39, 0.29) is 5.75 Å². The van der Waals surface area contributed by atoms with E-state index in [1.807, 2.05) is 42.5 Å². The summed E-state index contributed by atoms with van der Waals surface area (Å²) in [4.78, 5) is 12.9. The second-order valence-corrected chi connectivity index (χ2v) is 6.60. The van der Waals surface area contributed by atoms with Gasteiger partial charge in [-0.2, -0.15) is 5.10 Å². The number of amides is 1. The Morgan fingerprint density at radius 1 is 1.03 bits per heavy atom. The van der Waals surface area contributed by atoms with Crippen molar-refractivity contribution in [2.45, 2.75) is 12.2 Å². The Hall–Kier alpha value is -4.00. The van der Waals surface area contributed by atoms with Crippen LogP contribution in [0.5, 0.6) is 23.0 Å². The van der Waals surface area contributed by atoms with Crippen LogP contribution in [0.2, 0.25) is 0 Å². The van der Waals surface area contributed by atoms with Crippen molar-refractivity contribution in [2.75, 3.05) is 7.11 Å². The van der Waals surface area contributed by atoms with E-state index in [4.69, 9.17) is 14.2 Å². The van der Waals surface area contributed by atoms with E-state index in [1.54, 1.807) is 24.3 Å². The molecule has 4 rings (SSSR count). The smallest absolute Gasteiger partial charge is 0.285 e. The molecule has 3 aromatic rings. The molecule has 0 unspecified atom stereocenters. The lowest BCUT2D eigenvalue weighted by Crippen LogP contribution is -2.44. The van der Waals surface area contributed by atoms with E-state index < -0.39 is 18.1 Å². The van der Waals surface area contributed by atoms with Crippen molar-refractivity contribution < 1.29 is 24.1 Å². The molecular weight excluding hydrogens is 384 g/mol. The number of benzene rings is 3. The number of methoxy groups -OCH3 is 1. The maximum Gasteiger partial charge on any atom is 0.285 e. The van der Waals surface area contributed by atoms with Gasteiger partial charge in [0.1, 0.15) is 0 Å². The highest BCUT2D eigenvalue weighted by molar-refractivity contribution is 5.86. The van der Waals surface area contributed by atoms with Crippen LogP contribution >= 0.6 is 0 Å². The van der Waals surface area contributed by atoms with Gasteiger partial charge in [0.2, 0.25) is 6.10 Å². The zero-order valence-electron chi connectivity index (χ0n) is 16.2. The molecule has 1 heterocycles. The molecule has 152 valence electrons. The van der Waals surface area contributed by atoms with Crippen molar-refractivity contribution in [3.05, 3.63) is 83.9 Å². The first-order valence-electron chi connectivity index (χ1n) is 9.33. The Morgan fingerprint density at radius 2 is 1.73 bits per heavy atom. The lowest BCUT2D eigenvalue weighted by Gasteiger charge is -2.32. The lowest BCUT2D eigenvalue weighted by molar-refractivity contribution is -0.134. The molecular formula is C23H20N2O5. The van der Waals surface area contributed by atoms with Crippen LogP contribution in [0.3, 0.4) is 0 Å². The summed E-state index contributed by atoms with van der Waals surface area (Å²) in [6.07, 6.45) is -0.0893. The van der Waals surface area contributed by atoms with Crippen LogP contribution < -0.4 is 19.6 Å². The monoisotopic (exact) mass is 404 g/mol. The number of hydrogen-bond donors (Lipinski definition) is 2. The summed E-state index contributed by atoms with van der Waals surface area (Å²) < 4.78 is 17.1. The van der Waals surface area contributed by atoms with Crippen LogP contribution in [-0.4, -0.2) is 30.4 Å². The van der Waals surface area contributed by atoms with E-state index in [2.05, 4.69) is 10.5 Å². The molecule has 7 heteroatoms. The number of ether oxygens (including phenoxy) is 3.